The van der Waals surface area contributed by atoms with E-state index in [1.165, 1.54) is 15.3 Å². The van der Waals surface area contributed by atoms with Gasteiger partial charge in [0, 0.05) is 33.8 Å². The first-order valence-electron chi connectivity index (χ1n) is 9.90. The zero-order valence-electron chi connectivity index (χ0n) is 17.8. The summed E-state index contributed by atoms with van der Waals surface area (Å²) >= 11 is 3.45. The highest BCUT2D eigenvalue weighted by Crippen LogP contribution is 2.38. The standard InChI is InChI=1S/C26H27NOS2/c1-6-7-15-27(5)26(28)21-12-13-23(19(3)17-21)30-24-11-9-8-10-22(24)20(4)25-18(2)14-16-29-25/h6,8-14,16-17H,1,4,7,15H2,2-3,5H3. The maximum atomic E-state index is 12.7. The summed E-state index contributed by atoms with van der Waals surface area (Å²) < 4.78 is 0. The molecule has 4 heteroatoms. The van der Waals surface area contributed by atoms with Crippen LogP contribution < -0.4 is 0 Å². The summed E-state index contributed by atoms with van der Waals surface area (Å²) in [7, 11) is 1.83. The molecule has 0 N–H and O–H groups in total. The minimum atomic E-state index is 0.0402. The Labute approximate surface area is 188 Å². The van der Waals surface area contributed by atoms with Crippen LogP contribution in [0.15, 0.2) is 82.9 Å². The van der Waals surface area contributed by atoms with Crippen LogP contribution in [0.5, 0.6) is 0 Å². The van der Waals surface area contributed by atoms with Crippen molar-refractivity contribution in [1.82, 2.24) is 4.90 Å². The molecule has 3 rings (SSSR count). The number of thiophene rings is 1. The molecule has 0 spiro atoms. The van der Waals surface area contributed by atoms with E-state index in [-0.39, 0.29) is 5.91 Å². The Kier molecular flexibility index (Phi) is 7.35. The van der Waals surface area contributed by atoms with Crippen LogP contribution in [0, 0.1) is 13.8 Å². The average molecular weight is 434 g/mol. The minimum absolute atomic E-state index is 0.0402. The Balaban J connectivity index is 1.84. The van der Waals surface area contributed by atoms with Crippen molar-refractivity contribution in [2.75, 3.05) is 13.6 Å². The number of nitrogens with zero attached hydrogens (tertiary/aromatic N) is 1. The lowest BCUT2D eigenvalue weighted by molar-refractivity contribution is 0.0797. The third-order valence-corrected chi connectivity index (χ3v) is 7.34. The van der Waals surface area contributed by atoms with E-state index in [4.69, 9.17) is 0 Å². The smallest absolute Gasteiger partial charge is 0.253 e. The third-order valence-electron chi connectivity index (χ3n) is 5.01. The quantitative estimate of drug-likeness (QED) is 0.349. The normalized spacial score (nSPS) is 10.6. The molecule has 3 aromatic rings. The van der Waals surface area contributed by atoms with Crippen LogP contribution in [-0.4, -0.2) is 24.4 Å². The lowest BCUT2D eigenvalue weighted by Gasteiger charge is -2.17. The van der Waals surface area contributed by atoms with Crippen molar-refractivity contribution in [3.05, 3.63) is 100 Å². The second-order valence-electron chi connectivity index (χ2n) is 7.29. The maximum Gasteiger partial charge on any atom is 0.253 e. The highest BCUT2D eigenvalue weighted by atomic mass is 32.2. The zero-order valence-corrected chi connectivity index (χ0v) is 19.4. The molecular weight excluding hydrogens is 406 g/mol. The summed E-state index contributed by atoms with van der Waals surface area (Å²) in [6.45, 7) is 13.0. The van der Waals surface area contributed by atoms with Crippen molar-refractivity contribution >= 4 is 34.6 Å². The highest BCUT2D eigenvalue weighted by Gasteiger charge is 2.15. The molecule has 1 heterocycles. The predicted molar refractivity (Wildman–Crippen MR) is 131 cm³/mol. The van der Waals surface area contributed by atoms with Gasteiger partial charge in [0.05, 0.1) is 0 Å². The van der Waals surface area contributed by atoms with E-state index in [1.54, 1.807) is 28.0 Å². The van der Waals surface area contributed by atoms with Gasteiger partial charge in [-0.2, -0.15) is 0 Å². The summed E-state index contributed by atoms with van der Waals surface area (Å²) in [5.41, 5.74) is 5.27. The molecule has 0 aliphatic rings. The van der Waals surface area contributed by atoms with Crippen molar-refractivity contribution < 1.29 is 4.79 Å². The Morgan fingerprint density at radius 3 is 2.53 bits per heavy atom. The van der Waals surface area contributed by atoms with Crippen LogP contribution in [0.4, 0.5) is 0 Å². The second kappa shape index (κ2) is 9.96. The van der Waals surface area contributed by atoms with E-state index < -0.39 is 0 Å². The van der Waals surface area contributed by atoms with Crippen LogP contribution in [0.2, 0.25) is 0 Å². The SMILES string of the molecule is C=CCCN(C)C(=O)c1ccc(Sc2ccccc2C(=C)c2sccc2C)c(C)c1. The van der Waals surface area contributed by atoms with Gasteiger partial charge in [-0.15, -0.1) is 17.9 Å². The van der Waals surface area contributed by atoms with E-state index in [9.17, 15) is 4.79 Å². The van der Waals surface area contributed by atoms with Gasteiger partial charge in [-0.3, -0.25) is 4.79 Å². The first-order chi connectivity index (χ1) is 14.4. The van der Waals surface area contributed by atoms with Crippen molar-refractivity contribution in [3.8, 4) is 0 Å². The number of amides is 1. The van der Waals surface area contributed by atoms with Gasteiger partial charge >= 0.3 is 0 Å². The summed E-state index contributed by atoms with van der Waals surface area (Å²) in [4.78, 5) is 17.9. The molecule has 0 atom stereocenters. The van der Waals surface area contributed by atoms with Gasteiger partial charge < -0.3 is 4.90 Å². The van der Waals surface area contributed by atoms with Crippen molar-refractivity contribution in [1.29, 1.82) is 0 Å². The number of hydrogen-bond donors (Lipinski definition) is 0. The number of benzene rings is 2. The fourth-order valence-corrected chi connectivity index (χ4v) is 5.19. The van der Waals surface area contributed by atoms with E-state index in [2.05, 4.69) is 62.7 Å². The van der Waals surface area contributed by atoms with E-state index >= 15 is 0 Å². The fraction of sp³-hybridized carbons (Fsp3) is 0.192. The van der Waals surface area contributed by atoms with E-state index in [0.717, 1.165) is 33.6 Å². The Bertz CT molecular complexity index is 1080. The van der Waals surface area contributed by atoms with E-state index in [1.807, 2.05) is 31.3 Å². The average Bonchev–Trinajstić information content (AvgIpc) is 3.18. The van der Waals surface area contributed by atoms with Crippen molar-refractivity contribution in [2.24, 2.45) is 0 Å². The van der Waals surface area contributed by atoms with Crippen molar-refractivity contribution in [3.63, 3.8) is 0 Å². The van der Waals surface area contributed by atoms with Crippen LogP contribution in [0.3, 0.4) is 0 Å². The second-order valence-corrected chi connectivity index (χ2v) is 9.29. The van der Waals surface area contributed by atoms with Crippen LogP contribution in [-0.2, 0) is 0 Å². The molecular formula is C26H27NOS2. The molecule has 2 aromatic carbocycles. The number of carbonyl (C=O) groups is 1. The number of hydrogen-bond acceptors (Lipinski definition) is 3. The summed E-state index contributed by atoms with van der Waals surface area (Å²) in [5, 5.41) is 2.11. The highest BCUT2D eigenvalue weighted by molar-refractivity contribution is 7.99. The van der Waals surface area contributed by atoms with Crippen LogP contribution >= 0.6 is 23.1 Å². The van der Waals surface area contributed by atoms with Gasteiger partial charge in [-0.1, -0.05) is 42.6 Å². The lowest BCUT2D eigenvalue weighted by atomic mass is 10.0. The fourth-order valence-electron chi connectivity index (χ4n) is 3.23. The Morgan fingerprint density at radius 2 is 1.87 bits per heavy atom. The first kappa shape index (κ1) is 22.1. The molecule has 154 valence electrons. The number of rotatable bonds is 8. The molecule has 0 saturated carbocycles. The van der Waals surface area contributed by atoms with Gasteiger partial charge in [-0.25, -0.2) is 0 Å². The monoisotopic (exact) mass is 433 g/mol. The van der Waals surface area contributed by atoms with Crippen LogP contribution in [0.1, 0.15) is 38.3 Å². The summed E-state index contributed by atoms with van der Waals surface area (Å²) in [6.07, 6.45) is 2.62. The molecule has 0 saturated heterocycles. The molecule has 1 aromatic heterocycles. The van der Waals surface area contributed by atoms with Gasteiger partial charge in [0.1, 0.15) is 0 Å². The largest absolute Gasteiger partial charge is 0.341 e. The predicted octanol–water partition coefficient (Wildman–Crippen LogP) is 7.23. The van der Waals surface area contributed by atoms with Crippen LogP contribution in [0.25, 0.3) is 5.57 Å². The molecule has 0 aliphatic heterocycles. The number of aryl methyl sites for hydroxylation is 2. The van der Waals surface area contributed by atoms with Gasteiger partial charge in [0.25, 0.3) is 5.91 Å². The van der Waals surface area contributed by atoms with Gasteiger partial charge in [0.15, 0.2) is 0 Å². The van der Waals surface area contributed by atoms with Gasteiger partial charge in [0.2, 0.25) is 0 Å². The molecule has 0 fully saturated rings. The lowest BCUT2D eigenvalue weighted by Crippen LogP contribution is -2.27. The minimum Gasteiger partial charge on any atom is -0.341 e. The van der Waals surface area contributed by atoms with Crippen molar-refractivity contribution in [2.45, 2.75) is 30.1 Å². The molecule has 0 aliphatic carbocycles. The summed E-state index contributed by atoms with van der Waals surface area (Å²) in [6, 6.07) is 16.5. The first-order valence-corrected chi connectivity index (χ1v) is 11.6. The molecule has 0 unspecified atom stereocenters. The molecule has 30 heavy (non-hydrogen) atoms. The Hall–Kier alpha value is -2.56. The van der Waals surface area contributed by atoms with E-state index in [0.29, 0.717) is 6.54 Å². The molecule has 0 radical (unpaired) electrons. The maximum absolute atomic E-state index is 12.7. The zero-order chi connectivity index (χ0) is 21.7. The van der Waals surface area contributed by atoms with Gasteiger partial charge in [-0.05, 0) is 78.2 Å². The molecule has 0 bridgehead atoms. The molecule has 1 amide bonds. The molecule has 2 nitrogen and oxygen atoms in total. The number of carbonyl (C=O) groups excluding carboxylic acids is 1. The summed E-state index contributed by atoms with van der Waals surface area (Å²) in [5.74, 6) is 0.0402. The third kappa shape index (κ3) is 4.94. The topological polar surface area (TPSA) is 20.3 Å². The Morgan fingerprint density at radius 1 is 1.10 bits per heavy atom.